The van der Waals surface area contributed by atoms with Crippen LogP contribution in [0, 0.1) is 5.92 Å². The SMILES string of the molecule is COc1ccccc1OCCC(=O)N1CCN(C(=O)CCC2CCCC2)CC1. The van der Waals surface area contributed by atoms with E-state index in [-0.39, 0.29) is 11.8 Å². The van der Waals surface area contributed by atoms with Gasteiger partial charge in [-0.1, -0.05) is 37.8 Å². The first-order valence-corrected chi connectivity index (χ1v) is 10.5. The molecule has 0 atom stereocenters. The van der Waals surface area contributed by atoms with Crippen LogP contribution >= 0.6 is 0 Å². The predicted molar refractivity (Wildman–Crippen MR) is 107 cm³/mol. The van der Waals surface area contributed by atoms with Crippen molar-refractivity contribution in [2.24, 2.45) is 5.92 Å². The molecule has 1 aliphatic carbocycles. The highest BCUT2D eigenvalue weighted by Gasteiger charge is 2.25. The Bertz CT molecular complexity index is 650. The zero-order valence-corrected chi connectivity index (χ0v) is 16.9. The Balaban J connectivity index is 1.34. The van der Waals surface area contributed by atoms with Gasteiger partial charge in [-0.2, -0.15) is 0 Å². The Morgan fingerprint density at radius 2 is 1.50 bits per heavy atom. The molecule has 0 N–H and O–H groups in total. The van der Waals surface area contributed by atoms with Crippen LogP contribution in [0.4, 0.5) is 0 Å². The molecule has 0 aromatic heterocycles. The maximum atomic E-state index is 12.4. The molecule has 0 radical (unpaired) electrons. The lowest BCUT2D eigenvalue weighted by Crippen LogP contribution is -2.50. The Labute approximate surface area is 167 Å². The van der Waals surface area contributed by atoms with Crippen LogP contribution in [0.3, 0.4) is 0 Å². The van der Waals surface area contributed by atoms with Crippen molar-refractivity contribution in [1.82, 2.24) is 9.80 Å². The van der Waals surface area contributed by atoms with Crippen molar-refractivity contribution in [2.75, 3.05) is 39.9 Å². The van der Waals surface area contributed by atoms with Gasteiger partial charge in [0.1, 0.15) is 0 Å². The molecule has 3 rings (SSSR count). The van der Waals surface area contributed by atoms with Crippen molar-refractivity contribution in [3.8, 4) is 11.5 Å². The minimum absolute atomic E-state index is 0.0768. The summed E-state index contributed by atoms with van der Waals surface area (Å²) in [6.07, 6.45) is 7.22. The van der Waals surface area contributed by atoms with Gasteiger partial charge >= 0.3 is 0 Å². The number of nitrogens with zero attached hydrogens (tertiary/aromatic N) is 2. The first-order chi connectivity index (χ1) is 13.7. The van der Waals surface area contributed by atoms with Gasteiger partial charge < -0.3 is 19.3 Å². The lowest BCUT2D eigenvalue weighted by Gasteiger charge is -2.35. The normalized spacial score (nSPS) is 17.6. The number of amides is 2. The molecule has 1 heterocycles. The zero-order chi connectivity index (χ0) is 19.8. The van der Waals surface area contributed by atoms with Gasteiger partial charge in [0.15, 0.2) is 11.5 Å². The largest absolute Gasteiger partial charge is 0.493 e. The van der Waals surface area contributed by atoms with Crippen LogP contribution in [0.5, 0.6) is 11.5 Å². The fourth-order valence-electron chi connectivity index (χ4n) is 4.13. The summed E-state index contributed by atoms with van der Waals surface area (Å²) in [5, 5.41) is 0. The summed E-state index contributed by atoms with van der Waals surface area (Å²) in [4.78, 5) is 28.6. The summed E-state index contributed by atoms with van der Waals surface area (Å²) in [5.41, 5.74) is 0. The lowest BCUT2D eigenvalue weighted by molar-refractivity contribution is -0.140. The fourth-order valence-corrected chi connectivity index (χ4v) is 4.13. The second-order valence-corrected chi connectivity index (χ2v) is 7.70. The third-order valence-electron chi connectivity index (χ3n) is 5.87. The first kappa shape index (κ1) is 20.5. The Morgan fingerprint density at radius 3 is 2.11 bits per heavy atom. The van der Waals surface area contributed by atoms with Crippen molar-refractivity contribution in [3.05, 3.63) is 24.3 Å². The van der Waals surface area contributed by atoms with Crippen LogP contribution < -0.4 is 9.47 Å². The van der Waals surface area contributed by atoms with Crippen LogP contribution in [0.2, 0.25) is 0 Å². The number of hydrogen-bond donors (Lipinski definition) is 0. The van der Waals surface area contributed by atoms with E-state index in [4.69, 9.17) is 9.47 Å². The molecule has 2 fully saturated rings. The zero-order valence-electron chi connectivity index (χ0n) is 16.9. The molecule has 0 unspecified atom stereocenters. The average Bonchev–Trinajstić information content (AvgIpc) is 3.26. The van der Waals surface area contributed by atoms with Crippen molar-refractivity contribution < 1.29 is 19.1 Å². The number of piperazine rings is 1. The van der Waals surface area contributed by atoms with Crippen molar-refractivity contribution >= 4 is 11.8 Å². The summed E-state index contributed by atoms with van der Waals surface area (Å²) in [7, 11) is 1.60. The molecular weight excluding hydrogens is 356 g/mol. The number of rotatable bonds is 8. The van der Waals surface area contributed by atoms with E-state index in [0.29, 0.717) is 57.1 Å². The monoisotopic (exact) mass is 388 g/mol. The highest BCUT2D eigenvalue weighted by atomic mass is 16.5. The maximum Gasteiger partial charge on any atom is 0.226 e. The number of ether oxygens (including phenoxy) is 2. The van der Waals surface area contributed by atoms with Gasteiger partial charge in [-0.25, -0.2) is 0 Å². The molecule has 1 saturated carbocycles. The molecule has 154 valence electrons. The molecule has 1 saturated heterocycles. The van der Waals surface area contributed by atoms with E-state index in [1.807, 2.05) is 34.1 Å². The molecule has 2 amide bonds. The molecule has 1 aliphatic heterocycles. The third kappa shape index (κ3) is 5.63. The van der Waals surface area contributed by atoms with E-state index in [0.717, 1.165) is 12.3 Å². The van der Waals surface area contributed by atoms with E-state index in [1.54, 1.807) is 7.11 Å². The van der Waals surface area contributed by atoms with Crippen molar-refractivity contribution in [3.63, 3.8) is 0 Å². The molecule has 0 bridgehead atoms. The van der Waals surface area contributed by atoms with Gasteiger partial charge in [-0.05, 0) is 24.5 Å². The van der Waals surface area contributed by atoms with Gasteiger partial charge in [-0.15, -0.1) is 0 Å². The van der Waals surface area contributed by atoms with Crippen LogP contribution in [0.15, 0.2) is 24.3 Å². The molecule has 2 aliphatic rings. The van der Waals surface area contributed by atoms with Gasteiger partial charge in [0, 0.05) is 32.6 Å². The highest BCUT2D eigenvalue weighted by Crippen LogP contribution is 2.29. The molecule has 0 spiro atoms. The Hall–Kier alpha value is -2.24. The van der Waals surface area contributed by atoms with Crippen LogP contribution in [0.25, 0.3) is 0 Å². The second-order valence-electron chi connectivity index (χ2n) is 7.70. The fraction of sp³-hybridized carbons (Fsp3) is 0.636. The molecule has 6 nitrogen and oxygen atoms in total. The topological polar surface area (TPSA) is 59.1 Å². The van der Waals surface area contributed by atoms with Crippen LogP contribution in [-0.4, -0.2) is 61.5 Å². The highest BCUT2D eigenvalue weighted by molar-refractivity contribution is 5.78. The van der Waals surface area contributed by atoms with Gasteiger partial charge in [0.25, 0.3) is 0 Å². The minimum atomic E-state index is 0.0768. The van der Waals surface area contributed by atoms with E-state index in [1.165, 1.54) is 25.7 Å². The lowest BCUT2D eigenvalue weighted by atomic mass is 10.0. The van der Waals surface area contributed by atoms with Crippen molar-refractivity contribution in [2.45, 2.75) is 44.9 Å². The third-order valence-corrected chi connectivity index (χ3v) is 5.87. The number of carbonyl (C=O) groups is 2. The molecule has 1 aromatic rings. The molecular formula is C22H32N2O4. The predicted octanol–water partition coefficient (Wildman–Crippen LogP) is 3.11. The van der Waals surface area contributed by atoms with Crippen molar-refractivity contribution in [1.29, 1.82) is 0 Å². The number of methoxy groups -OCH3 is 1. The van der Waals surface area contributed by atoms with E-state index >= 15 is 0 Å². The average molecular weight is 389 g/mol. The molecule has 6 heteroatoms. The van der Waals surface area contributed by atoms with Gasteiger partial charge in [0.05, 0.1) is 20.1 Å². The Morgan fingerprint density at radius 1 is 0.929 bits per heavy atom. The standard InChI is InChI=1S/C22H32N2O4/c1-27-19-8-4-5-9-20(19)28-17-12-22(26)24-15-13-23(14-16-24)21(25)11-10-18-6-2-3-7-18/h4-5,8-9,18H,2-3,6-7,10-17H2,1H3. The van der Waals surface area contributed by atoms with E-state index in [9.17, 15) is 9.59 Å². The first-order valence-electron chi connectivity index (χ1n) is 10.5. The van der Waals surface area contributed by atoms with Crippen LogP contribution in [0.1, 0.15) is 44.9 Å². The molecule has 28 heavy (non-hydrogen) atoms. The molecule has 1 aromatic carbocycles. The maximum absolute atomic E-state index is 12.4. The number of hydrogen-bond acceptors (Lipinski definition) is 4. The van der Waals surface area contributed by atoms with Crippen LogP contribution in [-0.2, 0) is 9.59 Å². The summed E-state index contributed by atoms with van der Waals surface area (Å²) in [6, 6.07) is 7.42. The van der Waals surface area contributed by atoms with Gasteiger partial charge in [-0.3, -0.25) is 9.59 Å². The summed E-state index contributed by atoms with van der Waals surface area (Å²) in [5.74, 6) is 2.39. The van der Waals surface area contributed by atoms with Gasteiger partial charge in [0.2, 0.25) is 11.8 Å². The number of para-hydroxylation sites is 2. The van der Waals surface area contributed by atoms with E-state index in [2.05, 4.69) is 0 Å². The second kappa shape index (κ2) is 10.3. The smallest absolute Gasteiger partial charge is 0.226 e. The summed E-state index contributed by atoms with van der Waals surface area (Å²) < 4.78 is 10.9. The Kier molecular flexibility index (Phi) is 7.57. The summed E-state index contributed by atoms with van der Waals surface area (Å²) in [6.45, 7) is 2.83. The quantitative estimate of drug-likeness (QED) is 0.687. The minimum Gasteiger partial charge on any atom is -0.493 e. The number of carbonyl (C=O) groups excluding carboxylic acids is 2. The number of benzene rings is 1. The summed E-state index contributed by atoms with van der Waals surface area (Å²) >= 11 is 0. The van der Waals surface area contributed by atoms with E-state index < -0.39 is 0 Å².